The van der Waals surface area contributed by atoms with E-state index in [0.29, 0.717) is 12.2 Å². The first kappa shape index (κ1) is 13.1. The Labute approximate surface area is 111 Å². The molecule has 1 heterocycles. The monoisotopic (exact) mass is 260 g/mol. The van der Waals surface area contributed by atoms with Crippen LogP contribution in [0.2, 0.25) is 0 Å². The molecular formula is C14H16N2O3. The fourth-order valence-corrected chi connectivity index (χ4v) is 1.91. The first-order chi connectivity index (χ1) is 9.00. The number of aromatic nitrogens is 1. The van der Waals surface area contributed by atoms with Crippen molar-refractivity contribution >= 4 is 5.91 Å². The largest absolute Gasteiger partial charge is 0.370 e. The Hall–Kier alpha value is -2.30. The van der Waals surface area contributed by atoms with Gasteiger partial charge >= 0.3 is 5.63 Å². The molecule has 0 aliphatic rings. The summed E-state index contributed by atoms with van der Waals surface area (Å²) in [5.74, 6) is -0.323. The fourth-order valence-electron chi connectivity index (χ4n) is 1.91. The summed E-state index contributed by atoms with van der Waals surface area (Å²) in [4.78, 5) is 25.4. The Bertz CT molecular complexity index is 640. The molecular weight excluding hydrogens is 244 g/mol. The molecule has 0 spiro atoms. The van der Waals surface area contributed by atoms with Crippen LogP contribution >= 0.6 is 0 Å². The van der Waals surface area contributed by atoms with Crippen molar-refractivity contribution in [2.45, 2.75) is 13.5 Å². The van der Waals surface area contributed by atoms with E-state index in [1.165, 1.54) is 9.64 Å². The molecule has 100 valence electrons. The van der Waals surface area contributed by atoms with Gasteiger partial charge in [0.2, 0.25) is 0 Å². The summed E-state index contributed by atoms with van der Waals surface area (Å²) < 4.78 is 6.19. The van der Waals surface area contributed by atoms with E-state index in [0.717, 1.165) is 5.56 Å². The average molecular weight is 260 g/mol. The van der Waals surface area contributed by atoms with Gasteiger partial charge in [-0.15, -0.1) is 0 Å². The Morgan fingerprint density at radius 3 is 2.47 bits per heavy atom. The third kappa shape index (κ3) is 2.59. The van der Waals surface area contributed by atoms with Crippen LogP contribution in [0.25, 0.3) is 0 Å². The normalized spacial score (nSPS) is 10.5. The van der Waals surface area contributed by atoms with Crippen LogP contribution in [-0.4, -0.2) is 22.6 Å². The van der Waals surface area contributed by atoms with Gasteiger partial charge in [-0.05, 0) is 12.5 Å². The molecule has 0 radical (unpaired) electrons. The van der Waals surface area contributed by atoms with Crippen molar-refractivity contribution in [3.63, 3.8) is 0 Å². The Morgan fingerprint density at radius 1 is 1.32 bits per heavy atom. The summed E-state index contributed by atoms with van der Waals surface area (Å²) in [6.45, 7) is 2.14. The topological polar surface area (TPSA) is 55.5 Å². The van der Waals surface area contributed by atoms with Crippen LogP contribution < -0.4 is 5.63 Å². The van der Waals surface area contributed by atoms with Crippen LogP contribution in [0, 0.1) is 6.92 Å². The minimum Gasteiger partial charge on any atom is -0.337 e. The SMILES string of the molecule is Cc1c(C(=O)N(C)Cc2ccccc2)c(=O)on1C. The molecule has 0 atom stereocenters. The highest BCUT2D eigenvalue weighted by atomic mass is 16.5. The highest BCUT2D eigenvalue weighted by molar-refractivity contribution is 5.94. The summed E-state index contributed by atoms with van der Waals surface area (Å²) in [6, 6.07) is 9.61. The number of carbonyl (C=O) groups is 1. The first-order valence-electron chi connectivity index (χ1n) is 5.97. The number of benzene rings is 1. The molecule has 2 aromatic rings. The third-order valence-electron chi connectivity index (χ3n) is 3.08. The molecule has 0 aliphatic heterocycles. The van der Waals surface area contributed by atoms with Gasteiger partial charge in [0.25, 0.3) is 5.91 Å². The molecule has 0 unspecified atom stereocenters. The molecule has 0 saturated carbocycles. The van der Waals surface area contributed by atoms with E-state index < -0.39 is 5.63 Å². The zero-order chi connectivity index (χ0) is 14.0. The van der Waals surface area contributed by atoms with Gasteiger partial charge in [0, 0.05) is 20.6 Å². The first-order valence-corrected chi connectivity index (χ1v) is 5.97. The standard InChI is InChI=1S/C14H16N2O3/c1-10-12(14(18)19-16(10)3)13(17)15(2)9-11-7-5-4-6-8-11/h4-8H,9H2,1-3H3. The van der Waals surface area contributed by atoms with Crippen molar-refractivity contribution in [2.75, 3.05) is 7.05 Å². The number of amides is 1. The van der Waals surface area contributed by atoms with E-state index in [1.807, 2.05) is 30.3 Å². The molecule has 0 bridgehead atoms. The lowest BCUT2D eigenvalue weighted by Crippen LogP contribution is -2.29. The van der Waals surface area contributed by atoms with Crippen molar-refractivity contribution in [3.05, 3.63) is 57.6 Å². The minimum absolute atomic E-state index is 0.0981. The summed E-state index contributed by atoms with van der Waals surface area (Å²) in [6.07, 6.45) is 0. The molecule has 1 aromatic heterocycles. The Kier molecular flexibility index (Phi) is 3.55. The lowest BCUT2D eigenvalue weighted by molar-refractivity contribution is 0.0782. The molecule has 1 amide bonds. The van der Waals surface area contributed by atoms with Crippen LogP contribution in [0.15, 0.2) is 39.6 Å². The summed E-state index contributed by atoms with van der Waals surface area (Å²) >= 11 is 0. The van der Waals surface area contributed by atoms with E-state index in [1.54, 1.807) is 21.0 Å². The smallest absolute Gasteiger partial charge is 0.337 e. The predicted molar refractivity (Wildman–Crippen MR) is 70.9 cm³/mol. The van der Waals surface area contributed by atoms with Crippen LogP contribution in [-0.2, 0) is 13.6 Å². The number of hydrogen-bond acceptors (Lipinski definition) is 3. The van der Waals surface area contributed by atoms with Gasteiger partial charge in [0.15, 0.2) is 0 Å². The number of carbonyl (C=O) groups excluding carboxylic acids is 1. The number of hydrogen-bond donors (Lipinski definition) is 0. The van der Waals surface area contributed by atoms with E-state index in [9.17, 15) is 9.59 Å². The minimum atomic E-state index is -0.593. The predicted octanol–water partition coefficient (Wildman–Crippen LogP) is 1.56. The Morgan fingerprint density at radius 2 is 1.95 bits per heavy atom. The van der Waals surface area contributed by atoms with Gasteiger partial charge < -0.3 is 9.42 Å². The summed E-state index contributed by atoms with van der Waals surface area (Å²) in [5.41, 5.74) is 1.05. The van der Waals surface area contributed by atoms with Crippen molar-refractivity contribution in [3.8, 4) is 0 Å². The molecule has 0 aliphatic carbocycles. The molecule has 0 fully saturated rings. The van der Waals surface area contributed by atoms with E-state index in [2.05, 4.69) is 0 Å². The molecule has 5 nitrogen and oxygen atoms in total. The molecule has 1 aromatic carbocycles. The lowest BCUT2D eigenvalue weighted by atomic mass is 10.2. The van der Waals surface area contributed by atoms with Crippen molar-refractivity contribution in [1.82, 2.24) is 9.64 Å². The highest BCUT2D eigenvalue weighted by Gasteiger charge is 2.22. The third-order valence-corrected chi connectivity index (χ3v) is 3.08. The van der Waals surface area contributed by atoms with Gasteiger partial charge in [-0.1, -0.05) is 30.3 Å². The molecule has 5 heteroatoms. The average Bonchev–Trinajstić information content (AvgIpc) is 2.63. The Balaban J connectivity index is 2.22. The van der Waals surface area contributed by atoms with Crippen molar-refractivity contribution in [1.29, 1.82) is 0 Å². The van der Waals surface area contributed by atoms with E-state index in [-0.39, 0.29) is 11.5 Å². The van der Waals surface area contributed by atoms with Gasteiger partial charge in [0.05, 0.1) is 5.69 Å². The van der Waals surface area contributed by atoms with Crippen molar-refractivity contribution < 1.29 is 9.32 Å². The molecule has 19 heavy (non-hydrogen) atoms. The zero-order valence-electron chi connectivity index (χ0n) is 11.2. The lowest BCUT2D eigenvalue weighted by Gasteiger charge is -2.16. The second-order valence-electron chi connectivity index (χ2n) is 4.48. The fraction of sp³-hybridized carbons (Fsp3) is 0.286. The van der Waals surface area contributed by atoms with Crippen LogP contribution in [0.3, 0.4) is 0 Å². The van der Waals surface area contributed by atoms with Crippen LogP contribution in [0.4, 0.5) is 0 Å². The van der Waals surface area contributed by atoms with E-state index in [4.69, 9.17) is 4.52 Å². The zero-order valence-corrected chi connectivity index (χ0v) is 11.2. The molecule has 2 rings (SSSR count). The maximum absolute atomic E-state index is 12.3. The van der Waals surface area contributed by atoms with Gasteiger partial charge in [-0.25, -0.2) is 9.53 Å². The van der Waals surface area contributed by atoms with Gasteiger partial charge in [0.1, 0.15) is 5.56 Å². The van der Waals surface area contributed by atoms with Crippen LogP contribution in [0.1, 0.15) is 21.6 Å². The highest BCUT2D eigenvalue weighted by Crippen LogP contribution is 2.09. The number of nitrogens with zero attached hydrogens (tertiary/aromatic N) is 2. The number of aryl methyl sites for hydroxylation is 1. The molecule has 0 N–H and O–H groups in total. The number of rotatable bonds is 3. The van der Waals surface area contributed by atoms with Gasteiger partial charge in [-0.3, -0.25) is 4.79 Å². The second-order valence-corrected chi connectivity index (χ2v) is 4.48. The van der Waals surface area contributed by atoms with E-state index >= 15 is 0 Å². The second kappa shape index (κ2) is 5.14. The maximum atomic E-state index is 12.3. The van der Waals surface area contributed by atoms with Crippen molar-refractivity contribution in [2.24, 2.45) is 7.05 Å². The summed E-state index contributed by atoms with van der Waals surface area (Å²) in [5, 5.41) is 0. The quantitative estimate of drug-likeness (QED) is 0.841. The molecule has 0 saturated heterocycles. The maximum Gasteiger partial charge on any atom is 0.370 e. The summed E-state index contributed by atoms with van der Waals surface area (Å²) in [7, 11) is 3.27. The van der Waals surface area contributed by atoms with Crippen LogP contribution in [0.5, 0.6) is 0 Å². The van der Waals surface area contributed by atoms with Gasteiger partial charge in [-0.2, -0.15) is 0 Å².